The van der Waals surface area contributed by atoms with Gasteiger partial charge in [-0.05, 0) is 62.9 Å². The van der Waals surface area contributed by atoms with Gasteiger partial charge < -0.3 is 15.1 Å². The van der Waals surface area contributed by atoms with Gasteiger partial charge in [0.1, 0.15) is 0 Å². The van der Waals surface area contributed by atoms with E-state index in [2.05, 4.69) is 52.3 Å². The van der Waals surface area contributed by atoms with E-state index in [1.807, 2.05) is 18.3 Å². The molecule has 2 aliphatic rings. The van der Waals surface area contributed by atoms with E-state index in [-0.39, 0.29) is 0 Å². The Kier molecular flexibility index (Phi) is 3.98. The summed E-state index contributed by atoms with van der Waals surface area (Å²) in [4.78, 5) is 8.92. The second kappa shape index (κ2) is 6.15. The lowest BCUT2D eigenvalue weighted by atomic mass is 9.89. The van der Waals surface area contributed by atoms with Crippen LogP contribution in [-0.4, -0.2) is 41.2 Å². The molecule has 4 nitrogen and oxygen atoms in total. The number of hydrogen-bond donors (Lipinski definition) is 1. The van der Waals surface area contributed by atoms with Crippen molar-refractivity contribution in [2.24, 2.45) is 0 Å². The van der Waals surface area contributed by atoms with Gasteiger partial charge in [0.2, 0.25) is 0 Å². The Morgan fingerprint density at radius 3 is 3.00 bits per heavy atom. The molecule has 2 atom stereocenters. The smallest absolute Gasteiger partial charge is 0.178 e. The number of pyridine rings is 1. The molecule has 3 heterocycles. The quantitative estimate of drug-likeness (QED) is 0.806. The van der Waals surface area contributed by atoms with Crippen LogP contribution in [0.4, 0.5) is 11.4 Å². The summed E-state index contributed by atoms with van der Waals surface area (Å²) in [5.41, 5.74) is 4.94. The Balaban J connectivity index is 1.68. The summed E-state index contributed by atoms with van der Waals surface area (Å²) < 4.78 is 0. The molecule has 1 fully saturated rings. The SMILES string of the molecule is Cc1ccc2c(c1)[C@@H]1CN(C)CC[C@@H]1N2C(=S)Nc1cccnc1. The van der Waals surface area contributed by atoms with Crippen LogP contribution in [0.5, 0.6) is 0 Å². The van der Waals surface area contributed by atoms with Gasteiger partial charge in [0.15, 0.2) is 5.11 Å². The summed E-state index contributed by atoms with van der Waals surface area (Å²) in [5, 5.41) is 4.13. The molecule has 0 bridgehead atoms. The largest absolute Gasteiger partial charge is 0.331 e. The molecule has 24 heavy (non-hydrogen) atoms. The Morgan fingerprint density at radius 1 is 1.33 bits per heavy atom. The third kappa shape index (κ3) is 2.68. The van der Waals surface area contributed by atoms with Crippen LogP contribution >= 0.6 is 12.2 Å². The van der Waals surface area contributed by atoms with E-state index in [0.29, 0.717) is 12.0 Å². The summed E-state index contributed by atoms with van der Waals surface area (Å²) >= 11 is 5.78. The van der Waals surface area contributed by atoms with Gasteiger partial charge in [-0.15, -0.1) is 0 Å². The number of piperidine rings is 1. The second-order valence-electron chi connectivity index (χ2n) is 6.83. The van der Waals surface area contributed by atoms with Crippen LogP contribution < -0.4 is 10.2 Å². The predicted molar refractivity (Wildman–Crippen MR) is 103 cm³/mol. The number of likely N-dealkylation sites (tertiary alicyclic amines) is 1. The Labute approximate surface area is 148 Å². The van der Waals surface area contributed by atoms with Crippen LogP contribution in [0.25, 0.3) is 0 Å². The lowest BCUT2D eigenvalue weighted by molar-refractivity contribution is 0.237. The molecular weight excluding hydrogens is 316 g/mol. The van der Waals surface area contributed by atoms with Gasteiger partial charge in [0.25, 0.3) is 0 Å². The second-order valence-corrected chi connectivity index (χ2v) is 7.22. The number of aryl methyl sites for hydroxylation is 1. The highest BCUT2D eigenvalue weighted by Crippen LogP contribution is 2.45. The van der Waals surface area contributed by atoms with Gasteiger partial charge in [-0.1, -0.05) is 17.7 Å². The van der Waals surface area contributed by atoms with Crippen LogP contribution in [0.2, 0.25) is 0 Å². The van der Waals surface area contributed by atoms with Gasteiger partial charge in [-0.2, -0.15) is 0 Å². The summed E-state index contributed by atoms with van der Waals surface area (Å²) in [5.74, 6) is 0.521. The fourth-order valence-corrected chi connectivity index (χ4v) is 4.32. The van der Waals surface area contributed by atoms with E-state index >= 15 is 0 Å². The van der Waals surface area contributed by atoms with Gasteiger partial charge in [-0.25, -0.2) is 0 Å². The standard InChI is InChI=1S/C19H22N4S/c1-13-5-6-17-15(10-13)16-12-22(2)9-7-18(16)23(17)19(24)21-14-4-3-8-20-11-14/h3-6,8,10-11,16,18H,7,9,12H2,1-2H3,(H,21,24)/t16-,18-/m0/s1. The average molecular weight is 338 g/mol. The molecule has 0 spiro atoms. The topological polar surface area (TPSA) is 31.4 Å². The number of rotatable bonds is 1. The maximum Gasteiger partial charge on any atom is 0.178 e. The molecule has 1 saturated heterocycles. The zero-order valence-corrected chi connectivity index (χ0v) is 14.9. The van der Waals surface area contributed by atoms with Crippen LogP contribution in [0.3, 0.4) is 0 Å². The normalized spacial score (nSPS) is 22.8. The molecule has 124 valence electrons. The molecule has 1 aromatic heterocycles. The lowest BCUT2D eigenvalue weighted by Gasteiger charge is -2.37. The number of anilines is 2. The molecule has 0 aliphatic carbocycles. The predicted octanol–water partition coefficient (Wildman–Crippen LogP) is 3.39. The van der Waals surface area contributed by atoms with Gasteiger partial charge in [-0.3, -0.25) is 4.98 Å². The van der Waals surface area contributed by atoms with Crippen LogP contribution in [0, 0.1) is 6.92 Å². The number of aromatic nitrogens is 1. The number of fused-ring (bicyclic) bond motifs is 3. The highest BCUT2D eigenvalue weighted by atomic mass is 32.1. The first-order valence-corrected chi connectivity index (χ1v) is 8.83. The minimum atomic E-state index is 0.440. The van der Waals surface area contributed by atoms with Crippen molar-refractivity contribution in [3.63, 3.8) is 0 Å². The van der Waals surface area contributed by atoms with Crippen molar-refractivity contribution in [3.8, 4) is 0 Å². The van der Waals surface area contributed by atoms with E-state index < -0.39 is 0 Å². The van der Waals surface area contributed by atoms with Crippen molar-refractivity contribution < 1.29 is 0 Å². The maximum atomic E-state index is 5.78. The lowest BCUT2D eigenvalue weighted by Crippen LogP contribution is -2.48. The number of thiocarbonyl (C=S) groups is 1. The minimum absolute atomic E-state index is 0.440. The van der Waals surface area contributed by atoms with E-state index in [4.69, 9.17) is 12.2 Å². The molecule has 0 amide bonds. The highest BCUT2D eigenvalue weighted by molar-refractivity contribution is 7.80. The summed E-state index contributed by atoms with van der Waals surface area (Å²) in [6.45, 7) is 4.37. The summed E-state index contributed by atoms with van der Waals surface area (Å²) in [6.07, 6.45) is 4.71. The number of hydrogen-bond acceptors (Lipinski definition) is 3. The average Bonchev–Trinajstić information content (AvgIpc) is 2.89. The van der Waals surface area contributed by atoms with Crippen LogP contribution in [0.1, 0.15) is 23.5 Å². The third-order valence-corrected chi connectivity index (χ3v) is 5.38. The number of benzene rings is 1. The fraction of sp³-hybridized carbons (Fsp3) is 0.368. The Hall–Kier alpha value is -1.98. The third-order valence-electron chi connectivity index (χ3n) is 5.08. The van der Waals surface area contributed by atoms with Gasteiger partial charge in [0, 0.05) is 30.4 Å². The van der Waals surface area contributed by atoms with Crippen molar-refractivity contribution in [2.45, 2.75) is 25.3 Å². The first kappa shape index (κ1) is 15.5. The minimum Gasteiger partial charge on any atom is -0.331 e. The zero-order chi connectivity index (χ0) is 16.7. The van der Waals surface area contributed by atoms with Crippen LogP contribution in [0.15, 0.2) is 42.7 Å². The van der Waals surface area contributed by atoms with E-state index in [0.717, 1.165) is 30.3 Å². The first-order valence-electron chi connectivity index (χ1n) is 8.43. The monoisotopic (exact) mass is 338 g/mol. The number of likely N-dealkylation sites (N-methyl/N-ethyl adjacent to an activating group) is 1. The van der Waals surface area contributed by atoms with Crippen molar-refractivity contribution >= 4 is 28.7 Å². The molecule has 0 radical (unpaired) electrons. The molecular formula is C19H22N4S. The molecule has 0 saturated carbocycles. The Bertz CT molecular complexity index is 761. The molecule has 1 N–H and O–H groups in total. The number of nitrogens with zero attached hydrogens (tertiary/aromatic N) is 3. The Morgan fingerprint density at radius 2 is 2.21 bits per heavy atom. The molecule has 1 aromatic carbocycles. The molecule has 5 heteroatoms. The molecule has 0 unspecified atom stereocenters. The van der Waals surface area contributed by atoms with Crippen molar-refractivity contribution in [3.05, 3.63) is 53.9 Å². The number of nitrogens with one attached hydrogen (secondary N) is 1. The van der Waals surface area contributed by atoms with E-state index in [1.165, 1.54) is 16.8 Å². The summed E-state index contributed by atoms with van der Waals surface area (Å²) in [7, 11) is 2.21. The first-order chi connectivity index (χ1) is 11.6. The molecule has 4 rings (SSSR count). The van der Waals surface area contributed by atoms with E-state index in [1.54, 1.807) is 6.20 Å². The van der Waals surface area contributed by atoms with E-state index in [9.17, 15) is 0 Å². The van der Waals surface area contributed by atoms with Crippen molar-refractivity contribution in [1.29, 1.82) is 0 Å². The summed E-state index contributed by atoms with van der Waals surface area (Å²) in [6, 6.07) is 11.1. The van der Waals surface area contributed by atoms with Gasteiger partial charge >= 0.3 is 0 Å². The van der Waals surface area contributed by atoms with Crippen molar-refractivity contribution in [1.82, 2.24) is 9.88 Å². The molecule has 2 aromatic rings. The molecule has 2 aliphatic heterocycles. The highest BCUT2D eigenvalue weighted by Gasteiger charge is 2.42. The van der Waals surface area contributed by atoms with Gasteiger partial charge in [0.05, 0.1) is 11.9 Å². The maximum absolute atomic E-state index is 5.78. The van der Waals surface area contributed by atoms with Crippen molar-refractivity contribution in [2.75, 3.05) is 30.4 Å². The van der Waals surface area contributed by atoms with Crippen LogP contribution in [-0.2, 0) is 0 Å². The zero-order valence-electron chi connectivity index (χ0n) is 14.1. The fourth-order valence-electron chi connectivity index (χ4n) is 3.97.